The predicted molar refractivity (Wildman–Crippen MR) is 170 cm³/mol. The van der Waals surface area contributed by atoms with Crippen molar-refractivity contribution in [2.45, 2.75) is 198 Å². The molecule has 0 bridgehead atoms. The number of esters is 2. The molecule has 0 fully saturated rings. The summed E-state index contributed by atoms with van der Waals surface area (Å²) in [5, 5.41) is 60.5. The number of ether oxygens (including phenoxy) is 2. The Labute approximate surface area is 266 Å². The van der Waals surface area contributed by atoms with E-state index in [2.05, 4.69) is 13.8 Å². The van der Waals surface area contributed by atoms with Crippen LogP contribution in [0.3, 0.4) is 0 Å². The molecule has 0 saturated carbocycles. The first kappa shape index (κ1) is 42.7. The van der Waals surface area contributed by atoms with Gasteiger partial charge in [0.25, 0.3) is 0 Å². The zero-order valence-electron chi connectivity index (χ0n) is 27.8. The number of aliphatic hydroxyl groups excluding tert-OH is 5. The first-order valence-corrected chi connectivity index (χ1v) is 17.6. The van der Waals surface area contributed by atoms with Crippen molar-refractivity contribution in [2.75, 3.05) is 6.61 Å². The van der Waals surface area contributed by atoms with Crippen LogP contribution in [0.1, 0.15) is 168 Å². The molecule has 0 aliphatic heterocycles. The average molecular weight is 635 g/mol. The van der Waals surface area contributed by atoms with Crippen molar-refractivity contribution in [2.24, 2.45) is 0 Å². The van der Waals surface area contributed by atoms with E-state index >= 15 is 0 Å². The van der Waals surface area contributed by atoms with Gasteiger partial charge < -0.3 is 40.1 Å². The summed E-state index contributed by atoms with van der Waals surface area (Å²) in [6, 6.07) is 0. The third kappa shape index (κ3) is 21.4. The van der Waals surface area contributed by atoms with Gasteiger partial charge >= 0.3 is 17.9 Å². The molecule has 0 aromatic heterocycles. The molecule has 0 radical (unpaired) electrons. The number of carbonyl (C=O) groups excluding carboxylic acids is 2. The van der Waals surface area contributed by atoms with Gasteiger partial charge in [-0.05, 0) is 12.8 Å². The molecule has 10 heteroatoms. The third-order valence-corrected chi connectivity index (χ3v) is 8.12. The van der Waals surface area contributed by atoms with Crippen LogP contribution in [0.25, 0.3) is 0 Å². The van der Waals surface area contributed by atoms with Gasteiger partial charge in [0.15, 0.2) is 6.10 Å². The quantitative estimate of drug-likeness (QED) is 0.0322. The Kier molecular flexibility index (Phi) is 27.1. The summed E-state index contributed by atoms with van der Waals surface area (Å²) < 4.78 is 9.92. The van der Waals surface area contributed by atoms with Crippen molar-refractivity contribution in [3.8, 4) is 0 Å². The van der Waals surface area contributed by atoms with Crippen LogP contribution in [-0.4, -0.2) is 79.6 Å². The van der Waals surface area contributed by atoms with Crippen LogP contribution in [-0.2, 0) is 19.1 Å². The molecule has 0 spiro atoms. The van der Waals surface area contributed by atoms with Crippen molar-refractivity contribution in [1.82, 2.24) is 0 Å². The van der Waals surface area contributed by atoms with Gasteiger partial charge in [0.05, 0.1) is 6.61 Å². The molecular formula is C34H66O10. The highest BCUT2D eigenvalue weighted by molar-refractivity contribution is 5.71. The third-order valence-electron chi connectivity index (χ3n) is 8.12. The van der Waals surface area contributed by atoms with E-state index in [9.17, 15) is 35.1 Å². The zero-order valence-corrected chi connectivity index (χ0v) is 27.8. The largest absolute Gasteiger partial charge is 0.403 e. The zero-order chi connectivity index (χ0) is 33.1. The highest BCUT2D eigenvalue weighted by Crippen LogP contribution is 2.24. The van der Waals surface area contributed by atoms with E-state index in [0.29, 0.717) is 12.8 Å². The minimum atomic E-state index is -3.28. The fourth-order valence-electron chi connectivity index (χ4n) is 5.18. The smallest absolute Gasteiger partial charge is 0.396 e. The summed E-state index contributed by atoms with van der Waals surface area (Å²) in [4.78, 5) is 25.1. The Hall–Kier alpha value is -1.30. The highest BCUT2D eigenvalue weighted by Gasteiger charge is 2.51. The lowest BCUT2D eigenvalue weighted by molar-refractivity contribution is -0.375. The van der Waals surface area contributed by atoms with Crippen molar-refractivity contribution in [1.29, 1.82) is 0 Å². The molecule has 0 aromatic rings. The van der Waals surface area contributed by atoms with Crippen molar-refractivity contribution in [3.05, 3.63) is 0 Å². The SMILES string of the molecule is CCCCCCCCCCCCCC(=O)OC(O)(OC(=O)CCCCCCCCCCCCC)[C@H](O)[C@H](O)[C@H](O)[C@@H](O)CO. The maximum Gasteiger partial charge on any atom is 0.403 e. The first-order valence-electron chi connectivity index (χ1n) is 17.6. The molecule has 44 heavy (non-hydrogen) atoms. The predicted octanol–water partition coefficient (Wildman–Crippen LogP) is 5.56. The van der Waals surface area contributed by atoms with Crippen molar-refractivity contribution >= 4 is 11.9 Å². The summed E-state index contributed by atoms with van der Waals surface area (Å²) in [5.41, 5.74) is 0. The molecule has 4 atom stereocenters. The average Bonchev–Trinajstić information content (AvgIpc) is 3.00. The minimum Gasteiger partial charge on any atom is -0.396 e. The van der Waals surface area contributed by atoms with E-state index in [-0.39, 0.29) is 12.8 Å². The molecule has 10 nitrogen and oxygen atoms in total. The summed E-state index contributed by atoms with van der Waals surface area (Å²) in [6.07, 6.45) is 14.7. The van der Waals surface area contributed by atoms with Gasteiger partial charge in [-0.15, -0.1) is 0 Å². The Morgan fingerprint density at radius 1 is 0.523 bits per heavy atom. The van der Waals surface area contributed by atoms with Crippen LogP contribution in [0, 0.1) is 0 Å². The molecule has 0 aromatic carbocycles. The Morgan fingerprint density at radius 2 is 0.818 bits per heavy atom. The number of rotatable bonds is 31. The summed E-state index contributed by atoms with van der Waals surface area (Å²) in [7, 11) is 0. The molecule has 0 aliphatic rings. The van der Waals surface area contributed by atoms with Gasteiger partial charge in [0, 0.05) is 12.8 Å². The fraction of sp³-hybridized carbons (Fsp3) is 0.941. The molecule has 0 rings (SSSR count). The topological polar surface area (TPSA) is 174 Å². The van der Waals surface area contributed by atoms with Crippen LogP contribution in [0.4, 0.5) is 0 Å². The Balaban J connectivity index is 4.68. The lowest BCUT2D eigenvalue weighted by Gasteiger charge is -2.35. The number of unbranched alkanes of at least 4 members (excludes halogenated alkanes) is 20. The molecule has 0 amide bonds. The molecule has 0 heterocycles. The lowest BCUT2D eigenvalue weighted by atomic mass is 10.0. The molecule has 0 saturated heterocycles. The monoisotopic (exact) mass is 634 g/mol. The van der Waals surface area contributed by atoms with E-state index in [4.69, 9.17) is 14.6 Å². The molecular weight excluding hydrogens is 568 g/mol. The summed E-state index contributed by atoms with van der Waals surface area (Å²) in [5.74, 6) is -5.18. The van der Waals surface area contributed by atoms with Gasteiger partial charge in [-0.3, -0.25) is 9.59 Å². The summed E-state index contributed by atoms with van der Waals surface area (Å²) in [6.45, 7) is 3.45. The summed E-state index contributed by atoms with van der Waals surface area (Å²) >= 11 is 0. The van der Waals surface area contributed by atoms with Gasteiger partial charge in [0.1, 0.15) is 18.3 Å². The van der Waals surface area contributed by atoms with Crippen LogP contribution in [0.5, 0.6) is 0 Å². The van der Waals surface area contributed by atoms with E-state index in [1.54, 1.807) is 0 Å². The van der Waals surface area contributed by atoms with Crippen molar-refractivity contribution in [3.63, 3.8) is 0 Å². The van der Waals surface area contributed by atoms with Crippen LogP contribution in [0.15, 0.2) is 0 Å². The number of carbonyl (C=O) groups is 2. The standard InChI is InChI=1S/C34H66O10/c1-3-5-7-9-11-13-15-17-19-21-23-25-29(37)43-34(42,33(41)32(40)31(39)28(36)27-35)44-30(38)26-24-22-20-18-16-14-12-10-8-6-4-2/h28,31-33,35-36,39-42H,3-27H2,1-2H3/t28-,31+,32+,33+/m0/s1. The van der Waals surface area contributed by atoms with Gasteiger partial charge in [0.2, 0.25) is 0 Å². The lowest BCUT2D eigenvalue weighted by Crippen LogP contribution is -2.59. The van der Waals surface area contributed by atoms with Crippen LogP contribution in [0.2, 0.25) is 0 Å². The van der Waals surface area contributed by atoms with Gasteiger partial charge in [-0.1, -0.05) is 142 Å². The number of hydrogen-bond donors (Lipinski definition) is 6. The van der Waals surface area contributed by atoms with E-state index < -0.39 is 48.9 Å². The molecule has 6 N–H and O–H groups in total. The maximum atomic E-state index is 12.5. The van der Waals surface area contributed by atoms with E-state index in [1.807, 2.05) is 0 Å². The second-order valence-electron chi connectivity index (χ2n) is 12.3. The molecule has 0 aliphatic carbocycles. The second-order valence-corrected chi connectivity index (χ2v) is 12.3. The van der Waals surface area contributed by atoms with Crippen molar-refractivity contribution < 1.29 is 49.7 Å². The normalized spacial score (nSPS) is 14.6. The highest BCUT2D eigenvalue weighted by atomic mass is 16.8. The van der Waals surface area contributed by atoms with Crippen LogP contribution >= 0.6 is 0 Å². The van der Waals surface area contributed by atoms with Gasteiger partial charge in [-0.2, -0.15) is 0 Å². The first-order chi connectivity index (χ1) is 21.1. The minimum absolute atomic E-state index is 0.111. The molecule has 0 unspecified atom stereocenters. The van der Waals surface area contributed by atoms with Gasteiger partial charge in [-0.25, -0.2) is 0 Å². The number of aliphatic hydroxyl groups is 6. The van der Waals surface area contributed by atoms with E-state index in [0.717, 1.165) is 51.4 Å². The Bertz CT molecular complexity index is 649. The van der Waals surface area contributed by atoms with E-state index in [1.165, 1.54) is 77.0 Å². The van der Waals surface area contributed by atoms with Crippen LogP contribution < -0.4 is 0 Å². The Morgan fingerprint density at radius 3 is 1.11 bits per heavy atom. The second kappa shape index (κ2) is 28.0. The fourth-order valence-corrected chi connectivity index (χ4v) is 5.18. The molecule has 262 valence electrons. The number of hydrogen-bond acceptors (Lipinski definition) is 10. The maximum absolute atomic E-state index is 12.5.